The van der Waals surface area contributed by atoms with Gasteiger partial charge in [-0.15, -0.1) is 0 Å². The van der Waals surface area contributed by atoms with E-state index in [0.29, 0.717) is 12.1 Å². The van der Waals surface area contributed by atoms with Gasteiger partial charge in [-0.1, -0.05) is 30.3 Å². The van der Waals surface area contributed by atoms with Crippen LogP contribution in [0.1, 0.15) is 31.4 Å². The van der Waals surface area contributed by atoms with Crippen LogP contribution in [0.3, 0.4) is 0 Å². The zero-order chi connectivity index (χ0) is 13.0. The van der Waals surface area contributed by atoms with Crippen LogP contribution >= 0.6 is 0 Å². The van der Waals surface area contributed by atoms with Crippen molar-refractivity contribution in [2.75, 3.05) is 20.3 Å². The Labute approximate surface area is 110 Å². The number of methoxy groups -OCH3 is 1. The lowest BCUT2D eigenvalue weighted by Gasteiger charge is -2.34. The molecule has 0 aromatic heterocycles. The summed E-state index contributed by atoms with van der Waals surface area (Å²) >= 11 is 0. The van der Waals surface area contributed by atoms with Gasteiger partial charge in [0, 0.05) is 31.8 Å². The number of rotatable bonds is 7. The molecule has 2 atom stereocenters. The van der Waals surface area contributed by atoms with Crippen LogP contribution in [0.25, 0.3) is 0 Å². The van der Waals surface area contributed by atoms with Crippen LogP contribution in [0.2, 0.25) is 0 Å². The Balaban J connectivity index is 2.16. The number of nitrogens with two attached hydrogens (primary N) is 1. The van der Waals surface area contributed by atoms with Crippen molar-refractivity contribution in [3.05, 3.63) is 35.9 Å². The zero-order valence-corrected chi connectivity index (χ0v) is 11.4. The van der Waals surface area contributed by atoms with Gasteiger partial charge in [0.15, 0.2) is 0 Å². The van der Waals surface area contributed by atoms with Crippen molar-refractivity contribution in [2.45, 2.75) is 37.9 Å². The van der Waals surface area contributed by atoms with Crippen molar-refractivity contribution in [1.29, 1.82) is 0 Å². The Kier molecular flexibility index (Phi) is 4.75. The number of benzene rings is 1. The van der Waals surface area contributed by atoms with Crippen LogP contribution in [0.4, 0.5) is 0 Å². The zero-order valence-electron chi connectivity index (χ0n) is 11.4. The van der Waals surface area contributed by atoms with E-state index < -0.39 is 0 Å². The molecule has 0 radical (unpaired) electrons. The molecule has 18 heavy (non-hydrogen) atoms. The highest BCUT2D eigenvalue weighted by Gasteiger charge is 2.35. The molecule has 100 valence electrons. The molecule has 1 aliphatic rings. The van der Waals surface area contributed by atoms with Crippen LogP contribution in [0, 0.1) is 0 Å². The second-order valence-electron chi connectivity index (χ2n) is 5.18. The van der Waals surface area contributed by atoms with Crippen molar-refractivity contribution < 1.29 is 4.74 Å². The molecule has 0 saturated heterocycles. The van der Waals surface area contributed by atoms with Crippen LogP contribution in [-0.2, 0) is 4.74 Å². The van der Waals surface area contributed by atoms with E-state index >= 15 is 0 Å². The molecule has 0 amide bonds. The maximum absolute atomic E-state index is 6.22. The average Bonchev–Trinajstić information content (AvgIpc) is 3.19. The number of ether oxygens (including phenoxy) is 1. The number of nitrogens with zero attached hydrogens (tertiary/aromatic N) is 1. The van der Waals surface area contributed by atoms with Crippen LogP contribution in [-0.4, -0.2) is 37.2 Å². The van der Waals surface area contributed by atoms with Gasteiger partial charge in [0.2, 0.25) is 0 Å². The van der Waals surface area contributed by atoms with Crippen LogP contribution in [0.5, 0.6) is 0 Å². The third kappa shape index (κ3) is 3.31. The first kappa shape index (κ1) is 13.5. The Hall–Kier alpha value is -0.900. The van der Waals surface area contributed by atoms with Crippen molar-refractivity contribution in [2.24, 2.45) is 5.73 Å². The SMILES string of the molecule is COCCN(C1CC1)C(c1ccccc1)C(C)N. The summed E-state index contributed by atoms with van der Waals surface area (Å²) in [7, 11) is 1.76. The number of hydrogen-bond acceptors (Lipinski definition) is 3. The largest absolute Gasteiger partial charge is 0.383 e. The summed E-state index contributed by atoms with van der Waals surface area (Å²) in [6.45, 7) is 3.83. The molecule has 1 aliphatic carbocycles. The van der Waals surface area contributed by atoms with E-state index in [1.54, 1.807) is 7.11 Å². The fraction of sp³-hybridized carbons (Fsp3) is 0.600. The van der Waals surface area contributed by atoms with Gasteiger partial charge in [0.05, 0.1) is 6.61 Å². The van der Waals surface area contributed by atoms with Crippen LogP contribution in [0.15, 0.2) is 30.3 Å². The van der Waals surface area contributed by atoms with Gasteiger partial charge in [-0.25, -0.2) is 0 Å². The van der Waals surface area contributed by atoms with Gasteiger partial charge in [-0.3, -0.25) is 4.90 Å². The highest BCUT2D eigenvalue weighted by atomic mass is 16.5. The van der Waals surface area contributed by atoms with E-state index in [1.807, 2.05) is 0 Å². The van der Waals surface area contributed by atoms with E-state index in [0.717, 1.165) is 13.2 Å². The first-order valence-electron chi connectivity index (χ1n) is 6.79. The summed E-state index contributed by atoms with van der Waals surface area (Å²) in [6.07, 6.45) is 2.58. The molecular formula is C15H24N2O. The monoisotopic (exact) mass is 248 g/mol. The molecule has 0 aliphatic heterocycles. The summed E-state index contributed by atoms with van der Waals surface area (Å²) in [4.78, 5) is 2.52. The maximum Gasteiger partial charge on any atom is 0.0590 e. The quantitative estimate of drug-likeness (QED) is 0.804. The minimum Gasteiger partial charge on any atom is -0.383 e. The van der Waals surface area contributed by atoms with E-state index in [4.69, 9.17) is 10.5 Å². The molecule has 1 aromatic carbocycles. The van der Waals surface area contributed by atoms with E-state index in [9.17, 15) is 0 Å². The van der Waals surface area contributed by atoms with Gasteiger partial charge in [0.1, 0.15) is 0 Å². The average molecular weight is 248 g/mol. The van der Waals surface area contributed by atoms with Crippen molar-refractivity contribution >= 4 is 0 Å². The smallest absolute Gasteiger partial charge is 0.0590 e. The molecule has 0 spiro atoms. The topological polar surface area (TPSA) is 38.5 Å². The lowest BCUT2D eigenvalue weighted by molar-refractivity contribution is 0.104. The van der Waals surface area contributed by atoms with Crippen molar-refractivity contribution in [3.63, 3.8) is 0 Å². The predicted octanol–water partition coefficient (Wildman–Crippen LogP) is 2.19. The molecule has 1 fully saturated rings. The molecule has 3 heteroatoms. The normalized spacial score (nSPS) is 18.9. The second kappa shape index (κ2) is 6.32. The minimum absolute atomic E-state index is 0.129. The van der Waals surface area contributed by atoms with Gasteiger partial charge in [-0.05, 0) is 25.3 Å². The van der Waals surface area contributed by atoms with Gasteiger partial charge in [0.25, 0.3) is 0 Å². The summed E-state index contributed by atoms with van der Waals surface area (Å²) in [5.74, 6) is 0. The Bertz CT molecular complexity index is 349. The molecule has 1 saturated carbocycles. The van der Waals surface area contributed by atoms with E-state index in [2.05, 4.69) is 42.2 Å². The van der Waals surface area contributed by atoms with Gasteiger partial charge < -0.3 is 10.5 Å². The Morgan fingerprint density at radius 1 is 1.33 bits per heavy atom. The number of hydrogen-bond donors (Lipinski definition) is 1. The lowest BCUT2D eigenvalue weighted by atomic mass is 9.99. The molecule has 0 heterocycles. The molecular weight excluding hydrogens is 224 g/mol. The molecule has 1 aromatic rings. The van der Waals surface area contributed by atoms with E-state index in [-0.39, 0.29) is 6.04 Å². The molecule has 2 rings (SSSR count). The van der Waals surface area contributed by atoms with Gasteiger partial charge in [-0.2, -0.15) is 0 Å². The maximum atomic E-state index is 6.22. The predicted molar refractivity (Wildman–Crippen MR) is 74.4 cm³/mol. The highest BCUT2D eigenvalue weighted by molar-refractivity contribution is 5.21. The standard InChI is InChI=1S/C15H24N2O/c1-12(16)15(13-6-4-3-5-7-13)17(10-11-18-2)14-8-9-14/h3-7,12,14-15H,8-11,16H2,1-2H3. The molecule has 2 unspecified atom stereocenters. The van der Waals surface area contributed by atoms with Crippen molar-refractivity contribution in [3.8, 4) is 0 Å². The van der Waals surface area contributed by atoms with Crippen LogP contribution < -0.4 is 5.73 Å². The van der Waals surface area contributed by atoms with Crippen molar-refractivity contribution in [1.82, 2.24) is 4.90 Å². The third-order valence-corrected chi connectivity index (χ3v) is 3.57. The van der Waals surface area contributed by atoms with Gasteiger partial charge >= 0.3 is 0 Å². The van der Waals surface area contributed by atoms with E-state index in [1.165, 1.54) is 18.4 Å². The third-order valence-electron chi connectivity index (χ3n) is 3.57. The Morgan fingerprint density at radius 3 is 2.50 bits per heavy atom. The fourth-order valence-corrected chi connectivity index (χ4v) is 2.60. The molecule has 3 nitrogen and oxygen atoms in total. The minimum atomic E-state index is 0.129. The highest BCUT2D eigenvalue weighted by Crippen LogP contribution is 2.35. The summed E-state index contributed by atoms with van der Waals surface area (Å²) < 4.78 is 5.23. The Morgan fingerprint density at radius 2 is 2.00 bits per heavy atom. The summed E-state index contributed by atoms with van der Waals surface area (Å²) in [6, 6.07) is 11.7. The summed E-state index contributed by atoms with van der Waals surface area (Å²) in [5.41, 5.74) is 7.54. The lowest BCUT2D eigenvalue weighted by Crippen LogP contribution is -2.42. The first-order chi connectivity index (χ1) is 8.74. The molecule has 0 bridgehead atoms. The second-order valence-corrected chi connectivity index (χ2v) is 5.18. The molecule has 2 N–H and O–H groups in total. The fourth-order valence-electron chi connectivity index (χ4n) is 2.60. The first-order valence-corrected chi connectivity index (χ1v) is 6.79. The summed E-state index contributed by atoms with van der Waals surface area (Å²) in [5, 5.41) is 0.